The molecule has 23 heavy (non-hydrogen) atoms. The Morgan fingerprint density at radius 3 is 2.70 bits per heavy atom. The first-order valence-electron chi connectivity index (χ1n) is 8.41. The minimum absolute atomic E-state index is 0.152. The topological polar surface area (TPSA) is 45.1 Å². The first-order valence-corrected chi connectivity index (χ1v) is 9.23. The van der Waals surface area contributed by atoms with Crippen LogP contribution >= 0.6 is 11.3 Å². The summed E-state index contributed by atoms with van der Waals surface area (Å²) >= 11 is 1.84. The number of rotatable bonds is 8. The van der Waals surface area contributed by atoms with Crippen LogP contribution in [0.1, 0.15) is 54.0 Å². The molecule has 1 aliphatic rings. The lowest BCUT2D eigenvalue weighted by atomic mass is 9.75. The van der Waals surface area contributed by atoms with Gasteiger partial charge in [0, 0.05) is 42.6 Å². The lowest BCUT2D eigenvalue weighted by molar-refractivity contribution is 0.129. The molecule has 0 radical (unpaired) electrons. The van der Waals surface area contributed by atoms with E-state index >= 15 is 0 Å². The fourth-order valence-corrected chi connectivity index (χ4v) is 3.96. The van der Waals surface area contributed by atoms with E-state index in [1.807, 2.05) is 23.6 Å². The van der Waals surface area contributed by atoms with Crippen molar-refractivity contribution in [2.75, 3.05) is 13.2 Å². The molecule has 3 rings (SSSR count). The molecule has 1 atom stereocenters. The van der Waals surface area contributed by atoms with Crippen LogP contribution in [-0.4, -0.2) is 23.2 Å². The molecule has 2 N–H and O–H groups in total. The van der Waals surface area contributed by atoms with Crippen LogP contribution in [0.2, 0.25) is 0 Å². The van der Waals surface area contributed by atoms with Crippen LogP contribution in [0.3, 0.4) is 0 Å². The Bertz CT molecular complexity index is 619. The number of aliphatic hydroxyl groups is 1. The molecule has 1 heterocycles. The fraction of sp³-hybridized carbons (Fsp3) is 0.526. The molecule has 1 fully saturated rings. The summed E-state index contributed by atoms with van der Waals surface area (Å²) in [6, 6.07) is 10.5. The Hall–Kier alpha value is -1.23. The molecule has 1 aliphatic carbocycles. The van der Waals surface area contributed by atoms with E-state index in [1.54, 1.807) is 0 Å². The molecule has 1 aromatic carbocycles. The van der Waals surface area contributed by atoms with Gasteiger partial charge in [-0.2, -0.15) is 0 Å². The molecule has 1 unspecified atom stereocenters. The standard InChI is InChI=1S/C19H26N2OS/c1-19(2,13-22)17(14-6-4-3-5-7-14)12-20-10-16-11-21-18(23-16)15-8-9-15/h3-7,11,15,17,20,22H,8-10,12-13H2,1-2H3. The third-order valence-corrected chi connectivity index (χ3v) is 5.86. The summed E-state index contributed by atoms with van der Waals surface area (Å²) in [4.78, 5) is 5.84. The number of thiazole rings is 1. The molecule has 1 saturated carbocycles. The van der Waals surface area contributed by atoms with Gasteiger partial charge in [-0.05, 0) is 23.8 Å². The van der Waals surface area contributed by atoms with Crippen molar-refractivity contribution < 1.29 is 5.11 Å². The van der Waals surface area contributed by atoms with Crippen molar-refractivity contribution in [3.05, 3.63) is 52.0 Å². The summed E-state index contributed by atoms with van der Waals surface area (Å²) in [5.74, 6) is 1.02. The summed E-state index contributed by atoms with van der Waals surface area (Å²) < 4.78 is 0. The molecule has 0 saturated heterocycles. The molecule has 0 bridgehead atoms. The molecular weight excluding hydrogens is 304 g/mol. The van der Waals surface area contributed by atoms with Gasteiger partial charge in [0.25, 0.3) is 0 Å². The van der Waals surface area contributed by atoms with Crippen LogP contribution in [0.4, 0.5) is 0 Å². The second-order valence-electron chi connectivity index (χ2n) is 7.18. The van der Waals surface area contributed by atoms with Gasteiger partial charge in [0.2, 0.25) is 0 Å². The SMILES string of the molecule is CC(C)(CO)C(CNCc1cnc(C2CC2)s1)c1ccccc1. The Kier molecular flexibility index (Phi) is 5.14. The van der Waals surface area contributed by atoms with Crippen LogP contribution in [0, 0.1) is 5.41 Å². The number of hydrogen-bond acceptors (Lipinski definition) is 4. The quantitative estimate of drug-likeness (QED) is 0.771. The van der Waals surface area contributed by atoms with Crippen molar-refractivity contribution in [1.29, 1.82) is 0 Å². The molecule has 124 valence electrons. The van der Waals surface area contributed by atoms with Gasteiger partial charge >= 0.3 is 0 Å². The van der Waals surface area contributed by atoms with Gasteiger partial charge in [-0.1, -0.05) is 44.2 Å². The van der Waals surface area contributed by atoms with Gasteiger partial charge < -0.3 is 10.4 Å². The second-order valence-corrected chi connectivity index (χ2v) is 8.33. The minimum atomic E-state index is -0.152. The van der Waals surface area contributed by atoms with E-state index in [2.05, 4.69) is 48.4 Å². The van der Waals surface area contributed by atoms with E-state index in [1.165, 1.54) is 28.3 Å². The van der Waals surface area contributed by atoms with E-state index in [0.29, 0.717) is 0 Å². The maximum Gasteiger partial charge on any atom is 0.0959 e. The predicted molar refractivity (Wildman–Crippen MR) is 95.8 cm³/mol. The average molecular weight is 330 g/mol. The monoisotopic (exact) mass is 330 g/mol. The third-order valence-electron chi connectivity index (χ3n) is 4.70. The van der Waals surface area contributed by atoms with E-state index in [-0.39, 0.29) is 17.9 Å². The highest BCUT2D eigenvalue weighted by molar-refractivity contribution is 7.11. The summed E-state index contributed by atoms with van der Waals surface area (Å²) in [5.41, 5.74) is 1.13. The molecule has 0 aliphatic heterocycles. The van der Waals surface area contributed by atoms with E-state index < -0.39 is 0 Å². The van der Waals surface area contributed by atoms with Crippen LogP contribution in [0.25, 0.3) is 0 Å². The van der Waals surface area contributed by atoms with Crippen molar-refractivity contribution in [3.8, 4) is 0 Å². The molecular formula is C19H26N2OS. The number of hydrogen-bond donors (Lipinski definition) is 2. The Morgan fingerprint density at radius 1 is 1.30 bits per heavy atom. The summed E-state index contributed by atoms with van der Waals surface area (Å²) in [5, 5.41) is 14.7. The highest BCUT2D eigenvalue weighted by Gasteiger charge is 2.30. The van der Waals surface area contributed by atoms with Crippen LogP contribution in [0.15, 0.2) is 36.5 Å². The smallest absolute Gasteiger partial charge is 0.0959 e. The molecule has 4 heteroatoms. The normalized spacial score (nSPS) is 16.5. The number of benzene rings is 1. The lowest BCUT2D eigenvalue weighted by Crippen LogP contribution is -2.34. The van der Waals surface area contributed by atoms with Crippen LogP contribution in [0.5, 0.6) is 0 Å². The lowest BCUT2D eigenvalue weighted by Gasteiger charge is -2.33. The van der Waals surface area contributed by atoms with Gasteiger partial charge in [-0.3, -0.25) is 0 Å². The van der Waals surface area contributed by atoms with Crippen LogP contribution in [-0.2, 0) is 6.54 Å². The Balaban J connectivity index is 1.61. The number of nitrogens with zero attached hydrogens (tertiary/aromatic N) is 1. The van der Waals surface area contributed by atoms with Crippen molar-refractivity contribution >= 4 is 11.3 Å². The second kappa shape index (κ2) is 7.12. The average Bonchev–Trinajstić information content (AvgIpc) is 3.31. The largest absolute Gasteiger partial charge is 0.396 e. The van der Waals surface area contributed by atoms with E-state index in [9.17, 15) is 5.11 Å². The highest BCUT2D eigenvalue weighted by atomic mass is 32.1. The maximum atomic E-state index is 9.78. The van der Waals surface area contributed by atoms with Gasteiger partial charge in [0.15, 0.2) is 0 Å². The Morgan fingerprint density at radius 2 is 2.04 bits per heavy atom. The summed E-state index contributed by atoms with van der Waals surface area (Å²) in [6.07, 6.45) is 4.63. The zero-order valence-electron chi connectivity index (χ0n) is 14.0. The first kappa shape index (κ1) is 16.6. The number of aliphatic hydroxyl groups excluding tert-OH is 1. The Labute approximate surface area is 142 Å². The van der Waals surface area contributed by atoms with Crippen molar-refractivity contribution in [2.45, 2.75) is 45.1 Å². The summed E-state index contributed by atoms with van der Waals surface area (Å²) in [6.45, 7) is 6.15. The maximum absolute atomic E-state index is 9.78. The van der Waals surface area contributed by atoms with Gasteiger partial charge in [-0.25, -0.2) is 4.98 Å². The van der Waals surface area contributed by atoms with E-state index in [4.69, 9.17) is 0 Å². The zero-order valence-corrected chi connectivity index (χ0v) is 14.8. The molecule has 1 aromatic heterocycles. The molecule has 0 spiro atoms. The number of aromatic nitrogens is 1. The molecule has 0 amide bonds. The third kappa shape index (κ3) is 4.19. The van der Waals surface area contributed by atoms with Gasteiger partial charge in [0.05, 0.1) is 5.01 Å². The minimum Gasteiger partial charge on any atom is -0.396 e. The first-order chi connectivity index (χ1) is 11.1. The molecule has 2 aromatic rings. The van der Waals surface area contributed by atoms with Crippen LogP contribution < -0.4 is 5.32 Å². The number of nitrogens with one attached hydrogen (secondary N) is 1. The summed E-state index contributed by atoms with van der Waals surface area (Å²) in [7, 11) is 0. The highest BCUT2D eigenvalue weighted by Crippen LogP contribution is 2.41. The fourth-order valence-electron chi connectivity index (χ4n) is 2.90. The van der Waals surface area contributed by atoms with Crippen molar-refractivity contribution in [1.82, 2.24) is 10.3 Å². The van der Waals surface area contributed by atoms with Gasteiger partial charge in [0.1, 0.15) is 0 Å². The van der Waals surface area contributed by atoms with Crippen molar-refractivity contribution in [2.24, 2.45) is 5.41 Å². The van der Waals surface area contributed by atoms with Crippen molar-refractivity contribution in [3.63, 3.8) is 0 Å². The van der Waals surface area contributed by atoms with Gasteiger partial charge in [-0.15, -0.1) is 11.3 Å². The zero-order chi connectivity index (χ0) is 16.3. The predicted octanol–water partition coefficient (Wildman–Crippen LogP) is 3.91. The molecule has 3 nitrogen and oxygen atoms in total. The van der Waals surface area contributed by atoms with E-state index in [0.717, 1.165) is 19.0 Å².